The van der Waals surface area contributed by atoms with Gasteiger partial charge in [0.05, 0.1) is 6.61 Å². The van der Waals surface area contributed by atoms with Crippen molar-refractivity contribution in [1.29, 1.82) is 0 Å². The molecular weight excluding hydrogens is 270 g/mol. The van der Waals surface area contributed by atoms with E-state index in [4.69, 9.17) is 16.3 Å². The minimum Gasteiger partial charge on any atom is -0.493 e. The Bertz CT molecular complexity index is 415. The molecule has 112 valence electrons. The fourth-order valence-corrected chi connectivity index (χ4v) is 2.94. The smallest absolute Gasteiger partial charge is 0.122 e. The Hall–Kier alpha value is -0.730. The molecule has 1 heterocycles. The maximum Gasteiger partial charge on any atom is 0.122 e. The van der Waals surface area contributed by atoms with Crippen molar-refractivity contribution < 1.29 is 4.74 Å². The zero-order chi connectivity index (χ0) is 14.4. The van der Waals surface area contributed by atoms with E-state index < -0.39 is 0 Å². The molecule has 2 rings (SSSR count). The summed E-state index contributed by atoms with van der Waals surface area (Å²) >= 11 is 6.11. The number of rotatable bonds is 6. The van der Waals surface area contributed by atoms with E-state index in [-0.39, 0.29) is 0 Å². The van der Waals surface area contributed by atoms with Gasteiger partial charge in [0.15, 0.2) is 0 Å². The Morgan fingerprint density at radius 3 is 3.00 bits per heavy atom. The van der Waals surface area contributed by atoms with Crippen molar-refractivity contribution in [1.82, 2.24) is 5.32 Å². The average Bonchev–Trinajstić information content (AvgIpc) is 2.49. The standard InChI is InChI=1S/C17H26ClNO/c1-3-13(2)16-11-15(18)6-7-17(16)20-10-8-14-5-4-9-19-12-14/h6-7,11,13-14,19H,3-5,8-10,12H2,1-2H3/t13-,14+/m1/s1. The van der Waals surface area contributed by atoms with E-state index in [1.165, 1.54) is 24.9 Å². The van der Waals surface area contributed by atoms with Crippen LogP contribution in [0, 0.1) is 5.92 Å². The molecule has 0 unspecified atom stereocenters. The van der Waals surface area contributed by atoms with Gasteiger partial charge in [-0.2, -0.15) is 0 Å². The molecule has 2 nitrogen and oxygen atoms in total. The Morgan fingerprint density at radius 2 is 2.30 bits per heavy atom. The number of hydrogen-bond acceptors (Lipinski definition) is 2. The Morgan fingerprint density at radius 1 is 1.45 bits per heavy atom. The molecule has 0 saturated carbocycles. The van der Waals surface area contributed by atoms with Crippen LogP contribution in [0.4, 0.5) is 0 Å². The second-order valence-electron chi connectivity index (χ2n) is 5.84. The monoisotopic (exact) mass is 295 g/mol. The van der Waals surface area contributed by atoms with Crippen LogP contribution in [-0.2, 0) is 0 Å². The molecule has 1 N–H and O–H groups in total. The lowest BCUT2D eigenvalue weighted by Crippen LogP contribution is -2.30. The first-order chi connectivity index (χ1) is 9.70. The summed E-state index contributed by atoms with van der Waals surface area (Å²) in [5.41, 5.74) is 1.24. The fraction of sp³-hybridized carbons (Fsp3) is 0.647. The van der Waals surface area contributed by atoms with Gasteiger partial charge in [-0.25, -0.2) is 0 Å². The summed E-state index contributed by atoms with van der Waals surface area (Å²) in [7, 11) is 0. The lowest BCUT2D eigenvalue weighted by molar-refractivity contribution is 0.251. The first kappa shape index (κ1) is 15.7. The van der Waals surface area contributed by atoms with Gasteiger partial charge in [0.2, 0.25) is 0 Å². The van der Waals surface area contributed by atoms with Crippen molar-refractivity contribution in [2.24, 2.45) is 5.92 Å². The van der Waals surface area contributed by atoms with Crippen LogP contribution in [0.2, 0.25) is 5.02 Å². The van der Waals surface area contributed by atoms with Crippen LogP contribution in [0.25, 0.3) is 0 Å². The predicted octanol–water partition coefficient (Wildman–Crippen LogP) is 4.62. The highest BCUT2D eigenvalue weighted by molar-refractivity contribution is 6.30. The Balaban J connectivity index is 1.91. The Kier molecular flexibility index (Phi) is 6.18. The van der Waals surface area contributed by atoms with Crippen LogP contribution >= 0.6 is 11.6 Å². The summed E-state index contributed by atoms with van der Waals surface area (Å²) in [6, 6.07) is 5.99. The molecule has 1 fully saturated rings. The van der Waals surface area contributed by atoms with E-state index in [2.05, 4.69) is 19.2 Å². The number of benzene rings is 1. The number of nitrogens with one attached hydrogen (secondary N) is 1. The zero-order valence-corrected chi connectivity index (χ0v) is 13.4. The van der Waals surface area contributed by atoms with Gasteiger partial charge in [0, 0.05) is 5.02 Å². The predicted molar refractivity (Wildman–Crippen MR) is 85.9 cm³/mol. The summed E-state index contributed by atoms with van der Waals surface area (Å²) in [5, 5.41) is 4.25. The molecule has 1 aliphatic heterocycles. The number of piperidine rings is 1. The van der Waals surface area contributed by atoms with Crippen molar-refractivity contribution in [3.8, 4) is 5.75 Å². The van der Waals surface area contributed by atoms with Crippen LogP contribution in [0.15, 0.2) is 18.2 Å². The van der Waals surface area contributed by atoms with Gasteiger partial charge in [0.1, 0.15) is 5.75 Å². The van der Waals surface area contributed by atoms with Crippen molar-refractivity contribution in [2.75, 3.05) is 19.7 Å². The van der Waals surface area contributed by atoms with Crippen LogP contribution < -0.4 is 10.1 Å². The average molecular weight is 296 g/mol. The molecule has 20 heavy (non-hydrogen) atoms. The number of hydrogen-bond donors (Lipinski definition) is 1. The number of halogens is 1. The summed E-state index contributed by atoms with van der Waals surface area (Å²) in [6.45, 7) is 7.54. The Labute approximate surface area is 127 Å². The van der Waals surface area contributed by atoms with E-state index in [0.717, 1.165) is 42.7 Å². The first-order valence-corrected chi connectivity index (χ1v) is 8.21. The summed E-state index contributed by atoms with van der Waals surface area (Å²) < 4.78 is 6.03. The highest BCUT2D eigenvalue weighted by Gasteiger charge is 2.14. The zero-order valence-electron chi connectivity index (χ0n) is 12.6. The van der Waals surface area contributed by atoms with Crippen molar-refractivity contribution in [3.63, 3.8) is 0 Å². The molecule has 1 aliphatic rings. The van der Waals surface area contributed by atoms with Crippen molar-refractivity contribution >= 4 is 11.6 Å². The van der Waals surface area contributed by atoms with Gasteiger partial charge >= 0.3 is 0 Å². The van der Waals surface area contributed by atoms with E-state index in [1.54, 1.807) is 0 Å². The highest BCUT2D eigenvalue weighted by Crippen LogP contribution is 2.31. The third-order valence-electron chi connectivity index (χ3n) is 4.30. The van der Waals surface area contributed by atoms with Crippen molar-refractivity contribution in [3.05, 3.63) is 28.8 Å². The molecule has 0 aliphatic carbocycles. The molecule has 0 spiro atoms. The van der Waals surface area contributed by atoms with E-state index in [1.807, 2.05) is 18.2 Å². The summed E-state index contributed by atoms with van der Waals surface area (Å²) in [6.07, 6.45) is 4.86. The largest absolute Gasteiger partial charge is 0.493 e. The lowest BCUT2D eigenvalue weighted by atomic mass is 9.96. The molecule has 3 heteroatoms. The van der Waals surface area contributed by atoms with Gasteiger partial charge in [0.25, 0.3) is 0 Å². The summed E-state index contributed by atoms with van der Waals surface area (Å²) in [4.78, 5) is 0. The van der Waals surface area contributed by atoms with E-state index in [9.17, 15) is 0 Å². The second kappa shape index (κ2) is 7.90. The molecule has 0 aromatic heterocycles. The van der Waals surface area contributed by atoms with Crippen LogP contribution in [-0.4, -0.2) is 19.7 Å². The van der Waals surface area contributed by atoms with Crippen molar-refractivity contribution in [2.45, 2.75) is 45.4 Å². The second-order valence-corrected chi connectivity index (χ2v) is 6.28. The van der Waals surface area contributed by atoms with Gasteiger partial charge in [-0.3, -0.25) is 0 Å². The SMILES string of the molecule is CC[C@@H](C)c1cc(Cl)ccc1OCC[C@@H]1CCCNC1. The maximum atomic E-state index is 6.11. The third kappa shape index (κ3) is 4.39. The quantitative estimate of drug-likeness (QED) is 0.826. The lowest BCUT2D eigenvalue weighted by Gasteiger charge is -2.23. The molecular formula is C17H26ClNO. The topological polar surface area (TPSA) is 21.3 Å². The molecule has 0 radical (unpaired) electrons. The van der Waals surface area contributed by atoms with Gasteiger partial charge < -0.3 is 10.1 Å². The molecule has 0 amide bonds. The van der Waals surface area contributed by atoms with Gasteiger partial charge in [-0.05, 0) is 74.4 Å². The molecule has 0 bridgehead atoms. The third-order valence-corrected chi connectivity index (χ3v) is 4.53. The first-order valence-electron chi connectivity index (χ1n) is 7.83. The molecule has 2 atom stereocenters. The fourth-order valence-electron chi connectivity index (χ4n) is 2.76. The van der Waals surface area contributed by atoms with E-state index >= 15 is 0 Å². The summed E-state index contributed by atoms with van der Waals surface area (Å²) in [5.74, 6) is 2.26. The number of ether oxygens (including phenoxy) is 1. The van der Waals surface area contributed by atoms with Gasteiger partial charge in [-0.1, -0.05) is 25.4 Å². The normalized spacial score (nSPS) is 20.6. The van der Waals surface area contributed by atoms with Gasteiger partial charge in [-0.15, -0.1) is 0 Å². The highest BCUT2D eigenvalue weighted by atomic mass is 35.5. The molecule has 1 saturated heterocycles. The van der Waals surface area contributed by atoms with Crippen LogP contribution in [0.3, 0.4) is 0 Å². The molecule has 1 aromatic rings. The molecule has 1 aromatic carbocycles. The van der Waals surface area contributed by atoms with Crippen LogP contribution in [0.5, 0.6) is 5.75 Å². The van der Waals surface area contributed by atoms with E-state index in [0.29, 0.717) is 5.92 Å². The minimum atomic E-state index is 0.486. The minimum absolute atomic E-state index is 0.486. The van der Waals surface area contributed by atoms with Crippen LogP contribution in [0.1, 0.15) is 51.0 Å². The maximum absolute atomic E-state index is 6.11.